The maximum Gasteiger partial charge on any atom is 0.251 e. The molecule has 0 radical (unpaired) electrons. The zero-order valence-electron chi connectivity index (χ0n) is 17.5. The van der Waals surface area contributed by atoms with Gasteiger partial charge in [0.25, 0.3) is 5.91 Å². The first kappa shape index (κ1) is 22.8. The number of rotatable bonds is 8. The van der Waals surface area contributed by atoms with E-state index in [1.54, 1.807) is 48.5 Å². The van der Waals surface area contributed by atoms with E-state index in [-0.39, 0.29) is 18.5 Å². The van der Waals surface area contributed by atoms with Crippen molar-refractivity contribution in [2.75, 3.05) is 10.6 Å². The van der Waals surface area contributed by atoms with E-state index in [9.17, 15) is 13.2 Å². The molecule has 3 rings (SSSR count). The summed E-state index contributed by atoms with van der Waals surface area (Å²) in [4.78, 5) is 12.7. The Morgan fingerprint density at radius 1 is 0.968 bits per heavy atom. The minimum atomic E-state index is -3.52. The Balaban J connectivity index is 1.77. The van der Waals surface area contributed by atoms with Crippen molar-refractivity contribution in [3.05, 3.63) is 101 Å². The van der Waals surface area contributed by atoms with Crippen molar-refractivity contribution in [3.63, 3.8) is 0 Å². The fraction of sp³-hybridized carbons (Fsp3) is 0.208. The van der Waals surface area contributed by atoms with Gasteiger partial charge >= 0.3 is 0 Å². The molecule has 0 aliphatic rings. The van der Waals surface area contributed by atoms with Crippen LogP contribution in [0.1, 0.15) is 40.9 Å². The van der Waals surface area contributed by atoms with Crippen molar-refractivity contribution in [2.24, 2.45) is 0 Å². The quantitative estimate of drug-likeness (QED) is 0.507. The highest BCUT2D eigenvalue weighted by Gasteiger charge is 2.19. The molecule has 0 saturated heterocycles. The van der Waals surface area contributed by atoms with Crippen LogP contribution >= 0.6 is 11.6 Å². The number of carbonyl (C=O) groups is 1. The number of hydrogen-bond acceptors (Lipinski definition) is 3. The van der Waals surface area contributed by atoms with Crippen LogP contribution in [0, 0.1) is 0 Å². The van der Waals surface area contributed by atoms with E-state index in [4.69, 9.17) is 11.6 Å². The van der Waals surface area contributed by atoms with Gasteiger partial charge in [-0.05, 0) is 53.9 Å². The summed E-state index contributed by atoms with van der Waals surface area (Å²) < 4.78 is 26.1. The van der Waals surface area contributed by atoms with Crippen LogP contribution in [0.15, 0.2) is 78.9 Å². The van der Waals surface area contributed by atoms with Crippen molar-refractivity contribution in [3.8, 4) is 0 Å². The molecule has 1 atom stereocenters. The molecule has 7 heteroatoms. The second-order valence-electron chi connectivity index (χ2n) is 7.29. The lowest BCUT2D eigenvalue weighted by molar-refractivity contribution is 0.0935. The molecule has 0 heterocycles. The predicted octanol–water partition coefficient (Wildman–Crippen LogP) is 5.19. The third kappa shape index (κ3) is 6.09. The molecule has 0 fully saturated rings. The first-order valence-corrected chi connectivity index (χ1v) is 12.2. The Hall–Kier alpha value is -2.83. The van der Waals surface area contributed by atoms with Crippen molar-refractivity contribution < 1.29 is 13.2 Å². The van der Waals surface area contributed by atoms with E-state index in [2.05, 4.69) is 5.32 Å². The first-order chi connectivity index (χ1) is 14.8. The summed E-state index contributed by atoms with van der Waals surface area (Å²) in [5.41, 5.74) is 2.81. The standard InChI is InChI=1S/C24H25ClN2O3S/c1-3-23(19-7-5-4-6-8-19)26-24(28)20-11-15-22(16-12-20)27(31(2,29)30)17-18-9-13-21(25)14-10-18/h4-16,23H,3,17H2,1-2H3,(H,26,28)/t23-/m1/s1. The summed E-state index contributed by atoms with van der Waals surface area (Å²) in [6.45, 7) is 2.19. The highest BCUT2D eigenvalue weighted by Crippen LogP contribution is 2.23. The van der Waals surface area contributed by atoms with Crippen molar-refractivity contribution in [1.82, 2.24) is 5.32 Å². The second-order valence-corrected chi connectivity index (χ2v) is 9.63. The SMILES string of the molecule is CC[C@@H](NC(=O)c1ccc(N(Cc2ccc(Cl)cc2)S(C)(=O)=O)cc1)c1ccccc1. The third-order valence-corrected chi connectivity index (χ3v) is 6.37. The summed E-state index contributed by atoms with van der Waals surface area (Å²) in [6, 6.07) is 23.3. The Morgan fingerprint density at radius 3 is 2.13 bits per heavy atom. The number of sulfonamides is 1. The Morgan fingerprint density at radius 2 is 1.58 bits per heavy atom. The molecular weight excluding hydrogens is 432 g/mol. The van der Waals surface area contributed by atoms with Crippen LogP contribution in [0.25, 0.3) is 0 Å². The van der Waals surface area contributed by atoms with Crippen molar-refractivity contribution >= 4 is 33.2 Å². The molecule has 1 amide bonds. The molecule has 0 bridgehead atoms. The molecule has 0 saturated carbocycles. The molecule has 0 aliphatic carbocycles. The third-order valence-electron chi connectivity index (χ3n) is 4.97. The van der Waals surface area contributed by atoms with E-state index in [1.165, 1.54) is 4.31 Å². The molecular formula is C24H25ClN2O3S. The first-order valence-electron chi connectivity index (χ1n) is 9.96. The van der Waals surface area contributed by atoms with E-state index in [0.717, 1.165) is 23.8 Å². The van der Waals surface area contributed by atoms with E-state index in [1.807, 2.05) is 37.3 Å². The van der Waals surface area contributed by atoms with Gasteiger partial charge in [0.05, 0.1) is 24.5 Å². The fourth-order valence-electron chi connectivity index (χ4n) is 3.28. The summed E-state index contributed by atoms with van der Waals surface area (Å²) in [7, 11) is -3.52. The monoisotopic (exact) mass is 456 g/mol. The minimum absolute atomic E-state index is 0.0919. The number of benzene rings is 3. The fourth-order valence-corrected chi connectivity index (χ4v) is 4.30. The van der Waals surface area contributed by atoms with Crippen LogP contribution < -0.4 is 9.62 Å². The normalized spacial score (nSPS) is 12.2. The molecule has 31 heavy (non-hydrogen) atoms. The lowest BCUT2D eigenvalue weighted by Crippen LogP contribution is -2.30. The van der Waals surface area contributed by atoms with Crippen molar-refractivity contribution in [2.45, 2.75) is 25.9 Å². The van der Waals surface area contributed by atoms with Gasteiger partial charge in [-0.3, -0.25) is 9.10 Å². The van der Waals surface area contributed by atoms with Gasteiger partial charge in [-0.1, -0.05) is 61.0 Å². The Kier molecular flexibility index (Phi) is 7.36. The maximum atomic E-state index is 12.7. The molecule has 162 valence electrons. The number of amides is 1. The summed E-state index contributed by atoms with van der Waals surface area (Å²) in [5, 5.41) is 3.63. The number of nitrogens with zero attached hydrogens (tertiary/aromatic N) is 1. The highest BCUT2D eigenvalue weighted by atomic mass is 35.5. The molecule has 1 N–H and O–H groups in total. The number of hydrogen-bond donors (Lipinski definition) is 1. The molecule has 0 unspecified atom stereocenters. The maximum absolute atomic E-state index is 12.7. The number of halogens is 1. The molecule has 5 nitrogen and oxygen atoms in total. The van der Waals surface area contributed by atoms with Crippen LogP contribution in [-0.4, -0.2) is 20.6 Å². The van der Waals surface area contributed by atoms with E-state index >= 15 is 0 Å². The molecule has 3 aromatic carbocycles. The van der Waals surface area contributed by atoms with Crippen LogP contribution in [0.5, 0.6) is 0 Å². The van der Waals surface area contributed by atoms with Crippen LogP contribution in [0.4, 0.5) is 5.69 Å². The topological polar surface area (TPSA) is 66.5 Å². The Bertz CT molecular complexity index is 1120. The molecule has 3 aromatic rings. The lowest BCUT2D eigenvalue weighted by Gasteiger charge is -2.23. The van der Waals surface area contributed by atoms with E-state index < -0.39 is 10.0 Å². The average Bonchev–Trinajstić information content (AvgIpc) is 2.77. The second kappa shape index (κ2) is 9.98. The number of carbonyl (C=O) groups excluding carboxylic acids is 1. The zero-order valence-corrected chi connectivity index (χ0v) is 19.0. The Labute approximate surface area is 188 Å². The van der Waals surface area contributed by atoms with Gasteiger partial charge in [-0.2, -0.15) is 0 Å². The predicted molar refractivity (Wildman–Crippen MR) is 126 cm³/mol. The van der Waals surface area contributed by atoms with Crippen LogP contribution in [0.2, 0.25) is 5.02 Å². The lowest BCUT2D eigenvalue weighted by atomic mass is 10.0. The van der Waals surface area contributed by atoms with E-state index in [0.29, 0.717) is 16.3 Å². The smallest absolute Gasteiger partial charge is 0.251 e. The summed E-state index contributed by atoms with van der Waals surface area (Å²) in [5.74, 6) is -0.203. The largest absolute Gasteiger partial charge is 0.345 e. The van der Waals surface area contributed by atoms with Gasteiger partial charge in [-0.25, -0.2) is 8.42 Å². The van der Waals surface area contributed by atoms with Gasteiger partial charge in [0.2, 0.25) is 10.0 Å². The van der Waals surface area contributed by atoms with Gasteiger partial charge in [-0.15, -0.1) is 0 Å². The zero-order chi connectivity index (χ0) is 22.4. The van der Waals surface area contributed by atoms with Crippen LogP contribution in [0.3, 0.4) is 0 Å². The molecule has 0 aromatic heterocycles. The average molecular weight is 457 g/mol. The van der Waals surface area contributed by atoms with Gasteiger partial charge in [0.15, 0.2) is 0 Å². The summed E-state index contributed by atoms with van der Waals surface area (Å²) >= 11 is 5.92. The van der Waals surface area contributed by atoms with Gasteiger partial charge < -0.3 is 5.32 Å². The molecule has 0 spiro atoms. The van der Waals surface area contributed by atoms with Gasteiger partial charge in [0, 0.05) is 10.6 Å². The highest BCUT2D eigenvalue weighted by molar-refractivity contribution is 7.92. The van der Waals surface area contributed by atoms with Gasteiger partial charge in [0.1, 0.15) is 0 Å². The van der Waals surface area contributed by atoms with Crippen LogP contribution in [-0.2, 0) is 16.6 Å². The number of nitrogens with one attached hydrogen (secondary N) is 1. The molecule has 0 aliphatic heterocycles. The summed E-state index contributed by atoms with van der Waals surface area (Å²) in [6.07, 6.45) is 1.92. The van der Waals surface area contributed by atoms with Crippen molar-refractivity contribution in [1.29, 1.82) is 0 Å². The number of anilines is 1. The minimum Gasteiger partial charge on any atom is -0.345 e.